The minimum Gasteiger partial charge on any atom is -0.469 e. The van der Waals surface area contributed by atoms with E-state index >= 15 is 0 Å². The number of imidazole rings is 1. The van der Waals surface area contributed by atoms with E-state index in [0.29, 0.717) is 19.0 Å². The zero-order chi connectivity index (χ0) is 12.3. The van der Waals surface area contributed by atoms with E-state index in [2.05, 4.69) is 19.2 Å². The van der Waals surface area contributed by atoms with Crippen LogP contribution in [0.3, 0.4) is 0 Å². The van der Waals surface area contributed by atoms with Crippen molar-refractivity contribution >= 4 is 5.97 Å². The van der Waals surface area contributed by atoms with E-state index in [1.165, 1.54) is 25.6 Å². The summed E-state index contributed by atoms with van der Waals surface area (Å²) >= 11 is 0. The summed E-state index contributed by atoms with van der Waals surface area (Å²) in [4.78, 5) is 17.3. The van der Waals surface area contributed by atoms with Crippen LogP contribution >= 0.6 is 0 Å². The molecule has 0 saturated heterocycles. The number of ether oxygens (including phenoxy) is 1. The summed E-state index contributed by atoms with van der Waals surface area (Å²) in [6.45, 7) is 1.54. The lowest BCUT2D eigenvalue weighted by Crippen LogP contribution is -2.23. The number of hydrogen-bond donors (Lipinski definition) is 0. The van der Waals surface area contributed by atoms with Crippen LogP contribution < -0.4 is 0 Å². The molecule has 0 aromatic carbocycles. The maximum atomic E-state index is 11.0. The second kappa shape index (κ2) is 5.31. The molecule has 5 nitrogen and oxygen atoms in total. The van der Waals surface area contributed by atoms with Crippen LogP contribution in [0.15, 0.2) is 12.5 Å². The van der Waals surface area contributed by atoms with Crippen molar-refractivity contribution in [1.29, 1.82) is 0 Å². The largest absolute Gasteiger partial charge is 0.469 e. The molecule has 0 N–H and O–H groups in total. The summed E-state index contributed by atoms with van der Waals surface area (Å²) in [5.74, 6) is -0.160. The molecule has 0 bridgehead atoms. The summed E-state index contributed by atoms with van der Waals surface area (Å²) in [5, 5.41) is 0. The number of carbonyl (C=O) groups excluding carboxylic acids is 1. The number of hydrogen-bond acceptors (Lipinski definition) is 4. The minimum absolute atomic E-state index is 0.160. The Hall–Kier alpha value is -1.36. The number of carbonyl (C=O) groups is 1. The van der Waals surface area contributed by atoms with Gasteiger partial charge in [-0.15, -0.1) is 0 Å². The van der Waals surface area contributed by atoms with Crippen LogP contribution in [-0.2, 0) is 16.1 Å². The number of methoxy groups -OCH3 is 1. The Bertz CT molecular complexity index is 385. The van der Waals surface area contributed by atoms with E-state index in [1.807, 2.05) is 19.6 Å². The topological polar surface area (TPSA) is 47.4 Å². The summed E-state index contributed by atoms with van der Waals surface area (Å²) in [5.41, 5.74) is 1.22. The fourth-order valence-electron chi connectivity index (χ4n) is 1.88. The second-order valence-electron chi connectivity index (χ2n) is 4.59. The SMILES string of the molecule is COC(=O)CCN(C)Cc1cncn1C1CC1. The van der Waals surface area contributed by atoms with Gasteiger partial charge in [0.05, 0.1) is 25.6 Å². The molecule has 5 heteroatoms. The van der Waals surface area contributed by atoms with Crippen molar-refractivity contribution in [2.75, 3.05) is 20.7 Å². The van der Waals surface area contributed by atoms with Crippen molar-refractivity contribution in [1.82, 2.24) is 14.5 Å². The lowest BCUT2D eigenvalue weighted by atomic mass is 10.3. The van der Waals surface area contributed by atoms with Crippen LogP contribution in [0.2, 0.25) is 0 Å². The first-order valence-electron chi connectivity index (χ1n) is 5.96. The smallest absolute Gasteiger partial charge is 0.306 e. The van der Waals surface area contributed by atoms with Crippen LogP contribution in [0.25, 0.3) is 0 Å². The van der Waals surface area contributed by atoms with Gasteiger partial charge >= 0.3 is 5.97 Å². The van der Waals surface area contributed by atoms with E-state index in [-0.39, 0.29) is 5.97 Å². The second-order valence-corrected chi connectivity index (χ2v) is 4.59. The van der Waals surface area contributed by atoms with Crippen LogP contribution in [-0.4, -0.2) is 41.1 Å². The monoisotopic (exact) mass is 237 g/mol. The van der Waals surface area contributed by atoms with Gasteiger partial charge in [-0.2, -0.15) is 0 Å². The molecule has 1 aliphatic rings. The lowest BCUT2D eigenvalue weighted by Gasteiger charge is -2.16. The number of rotatable bonds is 6. The van der Waals surface area contributed by atoms with Crippen LogP contribution in [0.1, 0.15) is 31.0 Å². The molecule has 0 radical (unpaired) electrons. The van der Waals surface area contributed by atoms with Gasteiger partial charge in [0.2, 0.25) is 0 Å². The first-order chi connectivity index (χ1) is 8.20. The highest BCUT2D eigenvalue weighted by Gasteiger charge is 2.25. The van der Waals surface area contributed by atoms with Gasteiger partial charge < -0.3 is 9.30 Å². The normalized spacial score (nSPS) is 15.2. The van der Waals surface area contributed by atoms with Gasteiger partial charge in [-0.25, -0.2) is 4.98 Å². The Morgan fingerprint density at radius 1 is 1.65 bits per heavy atom. The van der Waals surface area contributed by atoms with Gasteiger partial charge in [0.1, 0.15) is 0 Å². The van der Waals surface area contributed by atoms with Gasteiger partial charge in [-0.1, -0.05) is 0 Å². The highest BCUT2D eigenvalue weighted by Crippen LogP contribution is 2.35. The first kappa shape index (κ1) is 12.1. The average molecular weight is 237 g/mol. The number of aromatic nitrogens is 2. The maximum absolute atomic E-state index is 11.0. The third kappa shape index (κ3) is 3.30. The van der Waals surface area contributed by atoms with Gasteiger partial charge in [0.15, 0.2) is 0 Å². The van der Waals surface area contributed by atoms with E-state index in [0.717, 1.165) is 6.54 Å². The molecule has 0 atom stereocenters. The van der Waals surface area contributed by atoms with Crippen molar-refractivity contribution in [2.45, 2.75) is 31.8 Å². The quantitative estimate of drug-likeness (QED) is 0.698. The summed E-state index contributed by atoms with van der Waals surface area (Å²) < 4.78 is 6.87. The predicted molar refractivity (Wildman–Crippen MR) is 63.5 cm³/mol. The zero-order valence-corrected chi connectivity index (χ0v) is 10.4. The molecule has 0 amide bonds. The molecule has 0 unspecified atom stereocenters. The highest BCUT2D eigenvalue weighted by molar-refractivity contribution is 5.69. The molecule has 2 rings (SSSR count). The standard InChI is InChI=1S/C12H19N3O2/c1-14(6-5-12(16)17-2)8-11-7-13-9-15(11)10-3-4-10/h7,9-10H,3-6,8H2,1-2H3. The molecule has 0 aliphatic heterocycles. The van der Waals surface area contributed by atoms with Crippen molar-refractivity contribution in [2.24, 2.45) is 0 Å². The van der Waals surface area contributed by atoms with Gasteiger partial charge in [-0.3, -0.25) is 9.69 Å². The molecule has 1 aliphatic carbocycles. The summed E-state index contributed by atoms with van der Waals surface area (Å²) in [7, 11) is 3.43. The van der Waals surface area contributed by atoms with E-state index in [4.69, 9.17) is 0 Å². The first-order valence-corrected chi connectivity index (χ1v) is 5.96. The molecule has 1 saturated carbocycles. The Labute approximate surface area is 101 Å². The van der Waals surface area contributed by atoms with Gasteiger partial charge in [0.25, 0.3) is 0 Å². The fraction of sp³-hybridized carbons (Fsp3) is 0.667. The fourth-order valence-corrected chi connectivity index (χ4v) is 1.88. The third-order valence-electron chi connectivity index (χ3n) is 3.04. The molecule has 1 aromatic rings. The van der Waals surface area contributed by atoms with E-state index < -0.39 is 0 Å². The Morgan fingerprint density at radius 2 is 2.41 bits per heavy atom. The summed E-state index contributed by atoms with van der Waals surface area (Å²) in [6, 6.07) is 0.654. The predicted octanol–water partition coefficient (Wildman–Crippen LogP) is 1.21. The zero-order valence-electron chi connectivity index (χ0n) is 10.4. The molecular formula is C12H19N3O2. The molecule has 1 aromatic heterocycles. The molecular weight excluding hydrogens is 218 g/mol. The van der Waals surface area contributed by atoms with Crippen molar-refractivity contribution in [3.63, 3.8) is 0 Å². The molecule has 94 valence electrons. The van der Waals surface area contributed by atoms with Gasteiger partial charge in [-0.05, 0) is 19.9 Å². The van der Waals surface area contributed by atoms with Crippen molar-refractivity contribution in [3.8, 4) is 0 Å². The number of nitrogens with zero attached hydrogens (tertiary/aromatic N) is 3. The van der Waals surface area contributed by atoms with E-state index in [9.17, 15) is 4.79 Å². The summed E-state index contributed by atoms with van der Waals surface area (Å²) in [6.07, 6.45) is 6.77. The molecule has 17 heavy (non-hydrogen) atoms. The number of esters is 1. The van der Waals surface area contributed by atoms with Crippen molar-refractivity contribution in [3.05, 3.63) is 18.2 Å². The molecule has 1 heterocycles. The van der Waals surface area contributed by atoms with Crippen LogP contribution in [0, 0.1) is 0 Å². The Morgan fingerprint density at radius 3 is 3.06 bits per heavy atom. The molecule has 0 spiro atoms. The minimum atomic E-state index is -0.160. The van der Waals surface area contributed by atoms with Crippen LogP contribution in [0.4, 0.5) is 0 Å². The molecule has 1 fully saturated rings. The Kier molecular flexibility index (Phi) is 3.78. The average Bonchev–Trinajstić information content (AvgIpc) is 3.07. The maximum Gasteiger partial charge on any atom is 0.306 e. The third-order valence-corrected chi connectivity index (χ3v) is 3.04. The lowest BCUT2D eigenvalue weighted by molar-refractivity contribution is -0.140. The Balaban J connectivity index is 1.82. The van der Waals surface area contributed by atoms with Crippen LogP contribution in [0.5, 0.6) is 0 Å². The van der Waals surface area contributed by atoms with Gasteiger partial charge in [0, 0.05) is 25.3 Å². The van der Waals surface area contributed by atoms with E-state index in [1.54, 1.807) is 0 Å². The highest BCUT2D eigenvalue weighted by atomic mass is 16.5. The van der Waals surface area contributed by atoms with Crippen molar-refractivity contribution < 1.29 is 9.53 Å².